The quantitative estimate of drug-likeness (QED) is 0.687. The molecule has 0 bridgehead atoms. The van der Waals surface area contributed by atoms with Crippen LogP contribution in [0.2, 0.25) is 0 Å². The molecule has 0 unspecified atom stereocenters. The van der Waals surface area contributed by atoms with Gasteiger partial charge in [0.1, 0.15) is 6.29 Å². The Morgan fingerprint density at radius 2 is 2.31 bits per heavy atom. The monoisotopic (exact) mass is 196 g/mol. The van der Waals surface area contributed by atoms with E-state index in [1.165, 1.54) is 12.8 Å². The topological polar surface area (TPSA) is 33.2 Å². The Hall–Kier alpha value is -0.900. The molecule has 1 aliphatic rings. The van der Waals surface area contributed by atoms with Gasteiger partial charge in [-0.25, -0.2) is 4.98 Å². The maximum Gasteiger partial charge on any atom is 0.185 e. The Kier molecular flexibility index (Phi) is 2.59. The van der Waals surface area contributed by atoms with E-state index in [9.17, 15) is 4.79 Å². The molecule has 0 aliphatic carbocycles. The minimum atomic E-state index is 0.505. The number of aldehydes is 1. The van der Waals surface area contributed by atoms with E-state index in [2.05, 4.69) is 9.88 Å². The molecule has 0 spiro atoms. The van der Waals surface area contributed by atoms with Crippen LogP contribution in [0.4, 0.5) is 5.13 Å². The highest BCUT2D eigenvalue weighted by atomic mass is 32.1. The highest BCUT2D eigenvalue weighted by Crippen LogP contribution is 2.25. The van der Waals surface area contributed by atoms with E-state index >= 15 is 0 Å². The van der Waals surface area contributed by atoms with E-state index in [1.54, 1.807) is 11.3 Å². The summed E-state index contributed by atoms with van der Waals surface area (Å²) in [5.41, 5.74) is 0. The first-order chi connectivity index (χ1) is 6.40. The molecule has 4 heteroatoms. The van der Waals surface area contributed by atoms with Gasteiger partial charge >= 0.3 is 0 Å². The van der Waals surface area contributed by atoms with Crippen LogP contribution in [-0.2, 0) is 11.2 Å². The normalized spacial score (nSPS) is 16.5. The number of nitrogens with zero attached hydrogens (tertiary/aromatic N) is 2. The van der Waals surface area contributed by atoms with Crippen molar-refractivity contribution in [2.75, 3.05) is 18.0 Å². The summed E-state index contributed by atoms with van der Waals surface area (Å²) < 4.78 is 0. The van der Waals surface area contributed by atoms with Crippen LogP contribution in [-0.4, -0.2) is 24.4 Å². The largest absolute Gasteiger partial charge is 0.348 e. The van der Waals surface area contributed by atoms with Gasteiger partial charge in [-0.1, -0.05) is 0 Å². The Morgan fingerprint density at radius 3 is 3.00 bits per heavy atom. The van der Waals surface area contributed by atoms with E-state index in [0.717, 1.165) is 29.4 Å². The third-order valence-corrected chi connectivity index (χ3v) is 3.28. The minimum Gasteiger partial charge on any atom is -0.348 e. The lowest BCUT2D eigenvalue weighted by molar-refractivity contribution is -0.107. The molecule has 1 aliphatic heterocycles. The first kappa shape index (κ1) is 8.69. The Bertz CT molecular complexity index is 292. The van der Waals surface area contributed by atoms with Crippen molar-refractivity contribution in [3.8, 4) is 0 Å². The summed E-state index contributed by atoms with van der Waals surface area (Å²) in [5, 5.41) is 1.08. The SMILES string of the molecule is O=CCc1cnc(N2CCCC2)s1. The third-order valence-electron chi connectivity index (χ3n) is 2.20. The lowest BCUT2D eigenvalue weighted by Crippen LogP contribution is -2.16. The molecule has 0 radical (unpaired) electrons. The van der Waals surface area contributed by atoms with Gasteiger partial charge in [0.25, 0.3) is 0 Å². The smallest absolute Gasteiger partial charge is 0.185 e. The molecular weight excluding hydrogens is 184 g/mol. The number of rotatable bonds is 3. The maximum atomic E-state index is 10.3. The lowest BCUT2D eigenvalue weighted by Gasteiger charge is -2.11. The zero-order valence-corrected chi connectivity index (χ0v) is 8.22. The summed E-state index contributed by atoms with van der Waals surface area (Å²) in [6.45, 7) is 2.24. The fourth-order valence-electron chi connectivity index (χ4n) is 1.53. The number of aromatic nitrogens is 1. The molecule has 0 saturated carbocycles. The second kappa shape index (κ2) is 3.87. The van der Waals surface area contributed by atoms with Gasteiger partial charge in [-0.3, -0.25) is 0 Å². The van der Waals surface area contributed by atoms with E-state index < -0.39 is 0 Å². The van der Waals surface area contributed by atoms with E-state index in [0.29, 0.717) is 6.42 Å². The fraction of sp³-hybridized carbons (Fsp3) is 0.556. The molecule has 2 heterocycles. The van der Waals surface area contributed by atoms with Crippen LogP contribution in [0.5, 0.6) is 0 Å². The minimum absolute atomic E-state index is 0.505. The second-order valence-electron chi connectivity index (χ2n) is 3.17. The van der Waals surface area contributed by atoms with Crippen molar-refractivity contribution in [1.29, 1.82) is 0 Å². The molecule has 3 nitrogen and oxygen atoms in total. The number of thiazole rings is 1. The summed E-state index contributed by atoms with van der Waals surface area (Å²) in [7, 11) is 0. The number of hydrogen-bond donors (Lipinski definition) is 0. The molecule has 13 heavy (non-hydrogen) atoms. The van der Waals surface area contributed by atoms with E-state index in [4.69, 9.17) is 0 Å². The van der Waals surface area contributed by atoms with Crippen LogP contribution in [0.3, 0.4) is 0 Å². The highest BCUT2D eigenvalue weighted by Gasteiger charge is 2.15. The molecule has 2 rings (SSSR count). The van der Waals surface area contributed by atoms with Crippen LogP contribution in [0.25, 0.3) is 0 Å². The summed E-state index contributed by atoms with van der Waals surface area (Å²) in [6, 6.07) is 0. The van der Waals surface area contributed by atoms with Crippen molar-refractivity contribution in [2.45, 2.75) is 19.3 Å². The zero-order chi connectivity index (χ0) is 9.10. The Labute approximate surface area is 81.4 Å². The summed E-state index contributed by atoms with van der Waals surface area (Å²) >= 11 is 1.64. The highest BCUT2D eigenvalue weighted by molar-refractivity contribution is 7.15. The molecule has 1 aromatic rings. The van der Waals surface area contributed by atoms with Gasteiger partial charge in [0.15, 0.2) is 5.13 Å². The molecule has 0 aromatic carbocycles. The molecule has 1 fully saturated rings. The number of carbonyl (C=O) groups excluding carboxylic acids is 1. The summed E-state index contributed by atoms with van der Waals surface area (Å²) in [4.78, 5) is 17.9. The van der Waals surface area contributed by atoms with Crippen molar-refractivity contribution in [2.24, 2.45) is 0 Å². The van der Waals surface area contributed by atoms with Crippen molar-refractivity contribution < 1.29 is 4.79 Å². The number of hydrogen-bond acceptors (Lipinski definition) is 4. The number of carbonyl (C=O) groups is 1. The standard InChI is InChI=1S/C9H12N2OS/c12-6-3-8-7-10-9(13-8)11-4-1-2-5-11/h6-7H,1-5H2. The first-order valence-corrected chi connectivity index (χ1v) is 5.35. The Balaban J connectivity index is 2.07. The Morgan fingerprint density at radius 1 is 1.54 bits per heavy atom. The van der Waals surface area contributed by atoms with Gasteiger partial charge in [0, 0.05) is 30.6 Å². The van der Waals surface area contributed by atoms with Crippen molar-refractivity contribution in [3.63, 3.8) is 0 Å². The van der Waals surface area contributed by atoms with Crippen molar-refractivity contribution >= 4 is 22.8 Å². The molecule has 1 saturated heterocycles. The average Bonchev–Trinajstić information content (AvgIpc) is 2.70. The molecule has 70 valence electrons. The molecule has 0 N–H and O–H groups in total. The molecule has 0 amide bonds. The van der Waals surface area contributed by atoms with Crippen LogP contribution in [0.1, 0.15) is 17.7 Å². The van der Waals surface area contributed by atoms with Crippen LogP contribution in [0, 0.1) is 0 Å². The van der Waals surface area contributed by atoms with Crippen molar-refractivity contribution in [3.05, 3.63) is 11.1 Å². The summed E-state index contributed by atoms with van der Waals surface area (Å²) in [5.74, 6) is 0. The molecule has 0 atom stereocenters. The predicted octanol–water partition coefficient (Wildman–Crippen LogP) is 1.48. The third kappa shape index (κ3) is 1.88. The number of anilines is 1. The second-order valence-corrected chi connectivity index (χ2v) is 4.27. The summed E-state index contributed by atoms with van der Waals surface area (Å²) in [6.07, 6.45) is 5.78. The zero-order valence-electron chi connectivity index (χ0n) is 7.40. The van der Waals surface area contributed by atoms with Gasteiger partial charge in [-0.15, -0.1) is 11.3 Å². The first-order valence-electron chi connectivity index (χ1n) is 4.53. The van der Waals surface area contributed by atoms with E-state index in [-0.39, 0.29) is 0 Å². The molecular formula is C9H12N2OS. The predicted molar refractivity (Wildman–Crippen MR) is 53.3 cm³/mol. The lowest BCUT2D eigenvalue weighted by atomic mass is 10.4. The van der Waals surface area contributed by atoms with Crippen molar-refractivity contribution in [1.82, 2.24) is 4.98 Å². The van der Waals surface area contributed by atoms with Crippen LogP contribution >= 0.6 is 11.3 Å². The van der Waals surface area contributed by atoms with Gasteiger partial charge in [-0.05, 0) is 12.8 Å². The van der Waals surface area contributed by atoms with Crippen LogP contribution < -0.4 is 4.90 Å². The maximum absolute atomic E-state index is 10.3. The average molecular weight is 196 g/mol. The van der Waals surface area contributed by atoms with Gasteiger partial charge < -0.3 is 9.69 Å². The fourth-order valence-corrected chi connectivity index (χ4v) is 2.44. The molecule has 1 aromatic heterocycles. The van der Waals surface area contributed by atoms with Gasteiger partial charge in [0.2, 0.25) is 0 Å². The van der Waals surface area contributed by atoms with E-state index in [1.807, 2.05) is 6.20 Å². The van der Waals surface area contributed by atoms with Gasteiger partial charge in [-0.2, -0.15) is 0 Å². The van der Waals surface area contributed by atoms with Gasteiger partial charge in [0.05, 0.1) is 0 Å². The van der Waals surface area contributed by atoms with Crippen LogP contribution in [0.15, 0.2) is 6.20 Å².